The predicted octanol–water partition coefficient (Wildman–Crippen LogP) is 0.215. The molecule has 0 bridgehead atoms. The number of aliphatic carboxylic acids is 1. The predicted molar refractivity (Wildman–Crippen MR) is 71.2 cm³/mol. The molecule has 0 spiro atoms. The molecule has 108 valence electrons. The third kappa shape index (κ3) is 2.81. The zero-order valence-electron chi connectivity index (χ0n) is 10.7. The molecule has 1 unspecified atom stereocenters. The molecule has 0 saturated carbocycles. The number of aliphatic imine (C=N–C) groups is 1. The van der Waals surface area contributed by atoms with Crippen molar-refractivity contribution < 1.29 is 23.1 Å². The summed E-state index contributed by atoms with van der Waals surface area (Å²) in [5.41, 5.74) is 0.385. The van der Waals surface area contributed by atoms with Crippen molar-refractivity contribution in [2.75, 3.05) is 13.7 Å². The van der Waals surface area contributed by atoms with E-state index in [1.54, 1.807) is 18.2 Å². The van der Waals surface area contributed by atoms with Crippen LogP contribution in [-0.4, -0.2) is 45.1 Å². The lowest BCUT2D eigenvalue weighted by Gasteiger charge is -2.08. The van der Waals surface area contributed by atoms with E-state index in [2.05, 4.69) is 9.71 Å². The topological polar surface area (TPSA) is 105 Å². The Labute approximate surface area is 116 Å². The van der Waals surface area contributed by atoms with Crippen molar-refractivity contribution in [2.45, 2.75) is 17.4 Å². The van der Waals surface area contributed by atoms with Gasteiger partial charge in [-0.3, -0.25) is 9.71 Å². The number of ether oxygens (including phenoxy) is 1. The minimum Gasteiger partial charge on any atom is -0.480 e. The van der Waals surface area contributed by atoms with E-state index in [1.807, 2.05) is 0 Å². The van der Waals surface area contributed by atoms with Crippen LogP contribution in [0.1, 0.15) is 12.0 Å². The van der Waals surface area contributed by atoms with Gasteiger partial charge in [0.25, 0.3) is 10.0 Å². The SMILES string of the molecule is COCCC(N=C1NS(=O)(=O)c2ccccc21)C(=O)O. The molecule has 8 heteroatoms. The van der Waals surface area contributed by atoms with Crippen LogP contribution in [0.15, 0.2) is 34.2 Å². The van der Waals surface area contributed by atoms with E-state index >= 15 is 0 Å². The highest BCUT2D eigenvalue weighted by molar-refractivity contribution is 7.90. The summed E-state index contributed by atoms with van der Waals surface area (Å²) >= 11 is 0. The van der Waals surface area contributed by atoms with E-state index < -0.39 is 22.0 Å². The molecule has 1 aliphatic rings. The van der Waals surface area contributed by atoms with Gasteiger partial charge in [-0.2, -0.15) is 0 Å². The maximum absolute atomic E-state index is 11.9. The molecule has 2 rings (SSSR count). The second kappa shape index (κ2) is 5.59. The molecule has 7 nitrogen and oxygen atoms in total. The summed E-state index contributed by atoms with van der Waals surface area (Å²) in [6.45, 7) is 0.224. The quantitative estimate of drug-likeness (QED) is 0.808. The molecule has 1 aromatic carbocycles. The summed E-state index contributed by atoms with van der Waals surface area (Å²) < 4.78 is 30.8. The molecule has 0 amide bonds. The van der Waals surface area contributed by atoms with Gasteiger partial charge in [-0.05, 0) is 12.1 Å². The molecule has 20 heavy (non-hydrogen) atoms. The Morgan fingerprint density at radius 2 is 2.15 bits per heavy atom. The van der Waals surface area contributed by atoms with E-state index in [1.165, 1.54) is 13.2 Å². The number of hydrogen-bond donors (Lipinski definition) is 2. The highest BCUT2D eigenvalue weighted by atomic mass is 32.2. The average molecular weight is 298 g/mol. The van der Waals surface area contributed by atoms with Crippen molar-refractivity contribution in [3.63, 3.8) is 0 Å². The lowest BCUT2D eigenvalue weighted by atomic mass is 10.2. The number of amidine groups is 1. The van der Waals surface area contributed by atoms with Crippen molar-refractivity contribution in [3.05, 3.63) is 29.8 Å². The fourth-order valence-electron chi connectivity index (χ4n) is 1.86. The van der Waals surface area contributed by atoms with Gasteiger partial charge in [-0.1, -0.05) is 12.1 Å². The van der Waals surface area contributed by atoms with Crippen LogP contribution in [0.5, 0.6) is 0 Å². The van der Waals surface area contributed by atoms with Gasteiger partial charge < -0.3 is 9.84 Å². The molecule has 1 heterocycles. The molecule has 0 aliphatic carbocycles. The van der Waals surface area contributed by atoms with Crippen LogP contribution in [0.2, 0.25) is 0 Å². The van der Waals surface area contributed by atoms with Gasteiger partial charge >= 0.3 is 5.97 Å². The number of benzene rings is 1. The van der Waals surface area contributed by atoms with Gasteiger partial charge in [0.1, 0.15) is 5.84 Å². The van der Waals surface area contributed by atoms with Crippen LogP contribution in [-0.2, 0) is 19.6 Å². The number of nitrogens with one attached hydrogen (secondary N) is 1. The molecular weight excluding hydrogens is 284 g/mol. The van der Waals surface area contributed by atoms with Gasteiger partial charge in [-0.15, -0.1) is 0 Å². The number of sulfonamides is 1. The first-order valence-corrected chi connectivity index (χ1v) is 7.36. The van der Waals surface area contributed by atoms with E-state index in [0.29, 0.717) is 5.56 Å². The average Bonchev–Trinajstić information content (AvgIpc) is 2.66. The fourth-order valence-corrected chi connectivity index (χ4v) is 3.10. The summed E-state index contributed by atoms with van der Waals surface area (Å²) in [5.74, 6) is -1.07. The minimum atomic E-state index is -3.65. The Morgan fingerprint density at radius 1 is 1.45 bits per heavy atom. The monoisotopic (exact) mass is 298 g/mol. The lowest BCUT2D eigenvalue weighted by molar-refractivity contribution is -0.138. The number of carboxylic acids is 1. The van der Waals surface area contributed by atoms with E-state index in [0.717, 1.165) is 0 Å². The smallest absolute Gasteiger partial charge is 0.328 e. The Bertz CT molecular complexity index is 654. The van der Waals surface area contributed by atoms with Crippen molar-refractivity contribution in [2.24, 2.45) is 4.99 Å². The number of hydrogen-bond acceptors (Lipinski definition) is 5. The van der Waals surface area contributed by atoms with Gasteiger partial charge in [0.2, 0.25) is 0 Å². The minimum absolute atomic E-state index is 0.0594. The van der Waals surface area contributed by atoms with Crippen LogP contribution in [0.3, 0.4) is 0 Å². The normalized spacial score (nSPS) is 19.4. The molecule has 1 atom stereocenters. The second-order valence-electron chi connectivity index (χ2n) is 4.21. The van der Waals surface area contributed by atoms with Crippen LogP contribution < -0.4 is 4.72 Å². The molecular formula is C12H14N2O5S. The lowest BCUT2D eigenvalue weighted by Crippen LogP contribution is -2.27. The second-order valence-corrected chi connectivity index (χ2v) is 5.87. The summed E-state index contributed by atoms with van der Waals surface area (Å²) in [6.07, 6.45) is 0.166. The Balaban J connectivity index is 2.38. The molecule has 0 radical (unpaired) electrons. The number of rotatable bonds is 5. The molecule has 1 aliphatic heterocycles. The zero-order valence-corrected chi connectivity index (χ0v) is 11.6. The van der Waals surface area contributed by atoms with E-state index in [-0.39, 0.29) is 23.8 Å². The molecule has 0 saturated heterocycles. The summed E-state index contributed by atoms with van der Waals surface area (Å²) in [5, 5.41) is 9.10. The maximum Gasteiger partial charge on any atom is 0.328 e. The number of methoxy groups -OCH3 is 1. The number of carboxylic acid groups (broad SMARTS) is 1. The summed E-state index contributed by atoms with van der Waals surface area (Å²) in [7, 11) is -2.19. The zero-order chi connectivity index (χ0) is 14.8. The first kappa shape index (κ1) is 14.5. The maximum atomic E-state index is 11.9. The van der Waals surface area contributed by atoms with Crippen LogP contribution in [0, 0.1) is 0 Å². The van der Waals surface area contributed by atoms with Crippen molar-refractivity contribution in [1.82, 2.24) is 4.72 Å². The molecule has 0 fully saturated rings. The Morgan fingerprint density at radius 3 is 2.80 bits per heavy atom. The number of carbonyl (C=O) groups is 1. The molecule has 1 aromatic rings. The third-order valence-corrected chi connectivity index (χ3v) is 4.23. The third-order valence-electron chi connectivity index (χ3n) is 2.83. The van der Waals surface area contributed by atoms with Crippen molar-refractivity contribution in [3.8, 4) is 0 Å². The summed E-state index contributed by atoms with van der Waals surface area (Å²) in [6, 6.07) is 5.24. The van der Waals surface area contributed by atoms with Gasteiger partial charge in [0, 0.05) is 25.7 Å². The number of nitrogens with zero attached hydrogens (tertiary/aromatic N) is 1. The largest absolute Gasteiger partial charge is 0.480 e. The van der Waals surface area contributed by atoms with Crippen LogP contribution in [0.25, 0.3) is 0 Å². The standard InChI is InChI=1S/C12H14N2O5S/c1-19-7-6-9(12(15)16)13-11-8-4-2-3-5-10(8)20(17,18)14-11/h2-5,9H,6-7H2,1H3,(H,13,14)(H,15,16). The first-order valence-electron chi connectivity index (χ1n) is 5.87. The molecule has 0 aromatic heterocycles. The fraction of sp³-hybridized carbons (Fsp3) is 0.333. The highest BCUT2D eigenvalue weighted by Crippen LogP contribution is 2.22. The first-order chi connectivity index (χ1) is 9.45. The van der Waals surface area contributed by atoms with Crippen LogP contribution in [0.4, 0.5) is 0 Å². The highest BCUT2D eigenvalue weighted by Gasteiger charge is 2.31. The Kier molecular flexibility index (Phi) is 4.05. The van der Waals surface area contributed by atoms with Crippen molar-refractivity contribution in [1.29, 1.82) is 0 Å². The van der Waals surface area contributed by atoms with Gasteiger partial charge in [0.05, 0.1) is 4.90 Å². The van der Waals surface area contributed by atoms with Gasteiger partial charge in [0.15, 0.2) is 6.04 Å². The van der Waals surface area contributed by atoms with Crippen LogP contribution >= 0.6 is 0 Å². The van der Waals surface area contributed by atoms with E-state index in [9.17, 15) is 13.2 Å². The number of fused-ring (bicyclic) bond motifs is 1. The summed E-state index contributed by atoms with van der Waals surface area (Å²) in [4.78, 5) is 15.2. The van der Waals surface area contributed by atoms with Gasteiger partial charge in [-0.25, -0.2) is 13.2 Å². The van der Waals surface area contributed by atoms with Crippen molar-refractivity contribution >= 4 is 21.8 Å². The Hall–Kier alpha value is -1.93. The molecule has 2 N–H and O–H groups in total. The van der Waals surface area contributed by atoms with E-state index in [4.69, 9.17) is 9.84 Å².